The molecule has 0 saturated carbocycles. The van der Waals surface area contributed by atoms with Crippen LogP contribution in [0.15, 0.2) is 60.7 Å². The number of fused-ring (bicyclic) bond motifs is 1. The lowest BCUT2D eigenvalue weighted by Crippen LogP contribution is -2.55. The third-order valence-corrected chi connectivity index (χ3v) is 7.54. The SMILES string of the molecule is Cc1ccc([C@@H]2O[C@H](CO)[C@@H](O)[C@H](O)[C@H]2O)cc1Cc1ccc(OCC2OCc3c(C)cccc32)cc1. The van der Waals surface area contributed by atoms with E-state index < -0.39 is 37.1 Å². The van der Waals surface area contributed by atoms with E-state index in [-0.39, 0.29) is 6.10 Å². The molecule has 5 rings (SSSR count). The van der Waals surface area contributed by atoms with Crippen LogP contribution >= 0.6 is 0 Å². The van der Waals surface area contributed by atoms with Crippen LogP contribution in [0.1, 0.15) is 51.2 Å². The van der Waals surface area contributed by atoms with Crippen molar-refractivity contribution in [3.63, 3.8) is 0 Å². The van der Waals surface area contributed by atoms with E-state index in [2.05, 4.69) is 25.1 Å². The molecule has 2 aliphatic rings. The monoisotopic (exact) mass is 506 g/mol. The molecule has 7 heteroatoms. The molecule has 0 spiro atoms. The van der Waals surface area contributed by atoms with E-state index in [9.17, 15) is 20.4 Å². The Hall–Kier alpha value is -2.78. The topological polar surface area (TPSA) is 109 Å². The van der Waals surface area contributed by atoms with Crippen molar-refractivity contribution in [2.75, 3.05) is 13.2 Å². The van der Waals surface area contributed by atoms with Crippen molar-refractivity contribution in [3.8, 4) is 5.75 Å². The van der Waals surface area contributed by atoms with Gasteiger partial charge in [0.25, 0.3) is 0 Å². The van der Waals surface area contributed by atoms with E-state index in [0.717, 1.165) is 22.4 Å². The largest absolute Gasteiger partial charge is 0.491 e. The van der Waals surface area contributed by atoms with Gasteiger partial charge in [-0.1, -0.05) is 48.5 Å². The Morgan fingerprint density at radius 1 is 0.892 bits per heavy atom. The summed E-state index contributed by atoms with van der Waals surface area (Å²) in [6.45, 7) is 4.75. The maximum Gasteiger partial charge on any atom is 0.119 e. The lowest BCUT2D eigenvalue weighted by molar-refractivity contribution is -0.231. The third kappa shape index (κ3) is 5.29. The summed E-state index contributed by atoms with van der Waals surface area (Å²) in [5.74, 6) is 0.778. The number of benzene rings is 3. The van der Waals surface area contributed by atoms with E-state index in [1.54, 1.807) is 0 Å². The zero-order valence-electron chi connectivity index (χ0n) is 21.1. The highest BCUT2D eigenvalue weighted by atomic mass is 16.5. The van der Waals surface area contributed by atoms with Gasteiger partial charge in [-0.15, -0.1) is 0 Å². The Kier molecular flexibility index (Phi) is 7.62. The number of aliphatic hydroxyl groups excluding tert-OH is 4. The molecule has 6 atom stereocenters. The van der Waals surface area contributed by atoms with Crippen molar-refractivity contribution >= 4 is 0 Å². The highest BCUT2D eigenvalue weighted by Gasteiger charge is 2.44. The van der Waals surface area contributed by atoms with Crippen molar-refractivity contribution in [2.24, 2.45) is 0 Å². The normalized spacial score (nSPS) is 27.2. The lowest BCUT2D eigenvalue weighted by Gasteiger charge is -2.40. The number of rotatable bonds is 7. The fourth-order valence-corrected chi connectivity index (χ4v) is 5.17. The lowest BCUT2D eigenvalue weighted by atomic mass is 9.89. The Balaban J connectivity index is 1.25. The van der Waals surface area contributed by atoms with E-state index >= 15 is 0 Å². The fraction of sp³-hybridized carbons (Fsp3) is 0.400. The first-order chi connectivity index (χ1) is 17.9. The first-order valence-corrected chi connectivity index (χ1v) is 12.7. The Bertz CT molecular complexity index is 1220. The van der Waals surface area contributed by atoms with Crippen LogP contribution < -0.4 is 4.74 Å². The predicted molar refractivity (Wildman–Crippen MR) is 137 cm³/mol. The minimum absolute atomic E-state index is 0.0672. The van der Waals surface area contributed by atoms with Crippen LogP contribution in [0.3, 0.4) is 0 Å². The Labute approximate surface area is 216 Å². The van der Waals surface area contributed by atoms with Gasteiger partial charge in [0, 0.05) is 0 Å². The summed E-state index contributed by atoms with van der Waals surface area (Å²) in [6, 6.07) is 20.0. The zero-order chi connectivity index (χ0) is 26.1. The van der Waals surface area contributed by atoms with Gasteiger partial charge in [-0.2, -0.15) is 0 Å². The average Bonchev–Trinajstić information content (AvgIpc) is 3.33. The molecule has 0 radical (unpaired) electrons. The Morgan fingerprint density at radius 2 is 1.68 bits per heavy atom. The molecule has 0 aromatic heterocycles. The molecule has 0 bridgehead atoms. The van der Waals surface area contributed by atoms with Crippen molar-refractivity contribution in [2.45, 2.75) is 63.5 Å². The minimum Gasteiger partial charge on any atom is -0.491 e. The second-order valence-electron chi connectivity index (χ2n) is 10.0. The summed E-state index contributed by atoms with van der Waals surface area (Å²) in [5.41, 5.74) is 7.62. The number of ether oxygens (including phenoxy) is 3. The van der Waals surface area contributed by atoms with Gasteiger partial charge in [0.1, 0.15) is 49.0 Å². The summed E-state index contributed by atoms with van der Waals surface area (Å²) in [7, 11) is 0. The Morgan fingerprint density at radius 3 is 2.43 bits per heavy atom. The molecular formula is C30H34O7. The van der Waals surface area contributed by atoms with E-state index in [0.29, 0.717) is 25.2 Å². The quantitative estimate of drug-likeness (QED) is 0.390. The predicted octanol–water partition coefficient (Wildman–Crippen LogP) is 3.06. The van der Waals surface area contributed by atoms with Crippen LogP contribution in [0.25, 0.3) is 0 Å². The van der Waals surface area contributed by atoms with Crippen LogP contribution in [0.4, 0.5) is 0 Å². The van der Waals surface area contributed by atoms with Gasteiger partial charge in [-0.3, -0.25) is 0 Å². The molecule has 3 aromatic carbocycles. The molecule has 1 unspecified atom stereocenters. The van der Waals surface area contributed by atoms with Gasteiger partial charge in [0.2, 0.25) is 0 Å². The molecule has 1 saturated heterocycles. The van der Waals surface area contributed by atoms with Crippen LogP contribution in [0.5, 0.6) is 5.75 Å². The molecule has 37 heavy (non-hydrogen) atoms. The maximum absolute atomic E-state index is 10.5. The van der Waals surface area contributed by atoms with Gasteiger partial charge in [-0.25, -0.2) is 0 Å². The summed E-state index contributed by atoms with van der Waals surface area (Å²) >= 11 is 0. The second-order valence-corrected chi connectivity index (χ2v) is 10.0. The molecule has 3 aromatic rings. The fourth-order valence-electron chi connectivity index (χ4n) is 5.17. The van der Waals surface area contributed by atoms with Crippen molar-refractivity contribution < 1.29 is 34.6 Å². The molecule has 0 amide bonds. The molecule has 2 aliphatic heterocycles. The molecule has 0 aliphatic carbocycles. The smallest absolute Gasteiger partial charge is 0.119 e. The van der Waals surface area contributed by atoms with Gasteiger partial charge < -0.3 is 34.6 Å². The van der Waals surface area contributed by atoms with Crippen molar-refractivity contribution in [3.05, 3.63) is 99.6 Å². The van der Waals surface area contributed by atoms with E-state index in [1.807, 2.05) is 49.4 Å². The van der Waals surface area contributed by atoms with Crippen LogP contribution in [-0.4, -0.2) is 58.1 Å². The highest BCUT2D eigenvalue weighted by molar-refractivity contribution is 5.39. The van der Waals surface area contributed by atoms with Crippen molar-refractivity contribution in [1.82, 2.24) is 0 Å². The minimum atomic E-state index is -1.40. The highest BCUT2D eigenvalue weighted by Crippen LogP contribution is 2.35. The summed E-state index contributed by atoms with van der Waals surface area (Å²) in [4.78, 5) is 0. The number of hydrogen-bond donors (Lipinski definition) is 4. The molecular weight excluding hydrogens is 472 g/mol. The van der Waals surface area contributed by atoms with E-state index in [4.69, 9.17) is 14.2 Å². The van der Waals surface area contributed by atoms with Crippen LogP contribution in [-0.2, 0) is 22.5 Å². The summed E-state index contributed by atoms with van der Waals surface area (Å²) in [5, 5.41) is 40.3. The van der Waals surface area contributed by atoms with Gasteiger partial charge in [-0.05, 0) is 71.3 Å². The second kappa shape index (κ2) is 10.9. The number of aryl methyl sites for hydroxylation is 2. The molecule has 2 heterocycles. The van der Waals surface area contributed by atoms with E-state index in [1.165, 1.54) is 16.7 Å². The summed E-state index contributed by atoms with van der Waals surface area (Å²) < 4.78 is 17.7. The van der Waals surface area contributed by atoms with Crippen molar-refractivity contribution in [1.29, 1.82) is 0 Å². The molecule has 4 N–H and O–H groups in total. The molecule has 1 fully saturated rings. The van der Waals surface area contributed by atoms with Crippen LogP contribution in [0, 0.1) is 13.8 Å². The first kappa shape index (κ1) is 25.9. The van der Waals surface area contributed by atoms with Crippen LogP contribution in [0.2, 0.25) is 0 Å². The first-order valence-electron chi connectivity index (χ1n) is 12.7. The van der Waals surface area contributed by atoms with Gasteiger partial charge >= 0.3 is 0 Å². The average molecular weight is 507 g/mol. The van der Waals surface area contributed by atoms with Gasteiger partial charge in [0.15, 0.2) is 0 Å². The third-order valence-electron chi connectivity index (χ3n) is 7.54. The number of aliphatic hydroxyl groups is 4. The molecule has 196 valence electrons. The summed E-state index contributed by atoms with van der Waals surface area (Å²) in [6.07, 6.45) is -5.27. The standard InChI is InChI=1S/C30H34O7/c1-17-6-9-20(30-29(34)28(33)27(32)25(14-31)37-30)13-21(17)12-19-7-10-22(11-8-19)35-16-26-23-5-3-4-18(2)24(23)15-36-26/h3-11,13,25-34H,12,14-16H2,1-2H3/t25-,26?,27-,28+,29-,30+/m1/s1. The number of hydrogen-bond acceptors (Lipinski definition) is 7. The zero-order valence-corrected chi connectivity index (χ0v) is 21.1. The maximum atomic E-state index is 10.5. The molecule has 7 nitrogen and oxygen atoms in total. The van der Waals surface area contributed by atoms with Gasteiger partial charge in [0.05, 0.1) is 13.2 Å².